The lowest BCUT2D eigenvalue weighted by atomic mass is 9.79. The first-order valence-electron chi connectivity index (χ1n) is 14.9. The van der Waals surface area contributed by atoms with E-state index in [4.69, 9.17) is 24.5 Å². The number of carbonyl (C=O) groups is 2. The summed E-state index contributed by atoms with van der Waals surface area (Å²) in [6.45, 7) is 3.47. The molecule has 0 aromatic heterocycles. The zero-order valence-corrected chi connectivity index (χ0v) is 25.6. The molecule has 16 nitrogen and oxygen atoms in total. The van der Waals surface area contributed by atoms with E-state index < -0.39 is 60.7 Å². The van der Waals surface area contributed by atoms with Crippen LogP contribution in [0.1, 0.15) is 44.2 Å². The van der Waals surface area contributed by atoms with Crippen molar-refractivity contribution in [1.29, 1.82) is 0 Å². The van der Waals surface area contributed by atoms with Gasteiger partial charge in [-0.05, 0) is 47.0 Å². The first-order valence-corrected chi connectivity index (χ1v) is 14.9. The highest BCUT2D eigenvalue weighted by atomic mass is 16.7. The van der Waals surface area contributed by atoms with Crippen molar-refractivity contribution in [3.05, 3.63) is 103 Å². The van der Waals surface area contributed by atoms with Crippen molar-refractivity contribution in [3.63, 3.8) is 0 Å². The van der Waals surface area contributed by atoms with Gasteiger partial charge >= 0.3 is 12.1 Å². The lowest BCUT2D eigenvalue weighted by molar-refractivity contribution is -0.253. The third-order valence-electron chi connectivity index (χ3n) is 8.03. The molecule has 0 N–H and O–H groups in total. The highest BCUT2D eigenvalue weighted by molar-refractivity contribution is 5.67. The van der Waals surface area contributed by atoms with E-state index in [2.05, 4.69) is 30.1 Å². The standard InChI is InChI=1S/C30H36N10O6/c1-19-25(35-38-32)15-26(36-39-33)28(27(19)44-20(2)41)46-29-24(34-37-31)14-13-23(45-29)17-40(16-21-9-5-3-6-10-21)30(42)43-18-22-11-7-4-8-12-22/h3-12,19,23-29H,13-18H2,1-2H3. The van der Waals surface area contributed by atoms with Crippen molar-refractivity contribution in [1.82, 2.24) is 4.90 Å². The Balaban J connectivity index is 1.56. The van der Waals surface area contributed by atoms with Gasteiger partial charge in [-0.15, -0.1) is 0 Å². The van der Waals surface area contributed by atoms with E-state index in [-0.39, 0.29) is 26.1 Å². The fourth-order valence-corrected chi connectivity index (χ4v) is 5.76. The van der Waals surface area contributed by atoms with Crippen molar-refractivity contribution >= 4 is 12.1 Å². The molecule has 2 aliphatic rings. The number of nitrogens with zero attached hydrogens (tertiary/aromatic N) is 10. The Morgan fingerprint density at radius 3 is 2.11 bits per heavy atom. The topological polar surface area (TPSA) is 221 Å². The molecule has 1 aliphatic carbocycles. The Morgan fingerprint density at radius 1 is 0.870 bits per heavy atom. The maximum absolute atomic E-state index is 13.4. The average Bonchev–Trinajstić information content (AvgIpc) is 3.05. The minimum absolute atomic E-state index is 0.0935. The van der Waals surface area contributed by atoms with E-state index in [9.17, 15) is 20.7 Å². The number of hydrogen-bond donors (Lipinski definition) is 0. The van der Waals surface area contributed by atoms with Crippen molar-refractivity contribution in [2.45, 2.75) is 89.0 Å². The van der Waals surface area contributed by atoms with Crippen LogP contribution in [-0.2, 0) is 36.9 Å². The second kappa shape index (κ2) is 16.9. The van der Waals surface area contributed by atoms with Crippen LogP contribution in [0.15, 0.2) is 76.0 Å². The first kappa shape index (κ1) is 33.9. The van der Waals surface area contributed by atoms with Crippen LogP contribution in [0.25, 0.3) is 31.3 Å². The summed E-state index contributed by atoms with van der Waals surface area (Å²) < 4.78 is 24.0. The third kappa shape index (κ3) is 9.27. The molecule has 1 saturated carbocycles. The quantitative estimate of drug-likeness (QED) is 0.107. The average molecular weight is 633 g/mol. The molecule has 0 bridgehead atoms. The van der Waals surface area contributed by atoms with Gasteiger partial charge in [-0.25, -0.2) is 4.79 Å². The molecule has 0 radical (unpaired) electrons. The fourth-order valence-electron chi connectivity index (χ4n) is 5.76. The van der Waals surface area contributed by atoms with Crippen LogP contribution >= 0.6 is 0 Å². The monoisotopic (exact) mass is 632 g/mol. The largest absolute Gasteiger partial charge is 0.459 e. The number of ether oxygens (including phenoxy) is 4. The number of amides is 1. The Kier molecular flexibility index (Phi) is 12.5. The lowest BCUT2D eigenvalue weighted by Gasteiger charge is -2.45. The molecule has 4 rings (SSSR count). The van der Waals surface area contributed by atoms with Crippen LogP contribution in [0.5, 0.6) is 0 Å². The van der Waals surface area contributed by atoms with Crippen molar-refractivity contribution < 1.29 is 28.5 Å². The number of carbonyl (C=O) groups excluding carboxylic acids is 2. The molecule has 2 fully saturated rings. The zero-order chi connectivity index (χ0) is 32.9. The first-order chi connectivity index (χ1) is 22.3. The van der Waals surface area contributed by atoms with E-state index in [1.165, 1.54) is 6.92 Å². The number of hydrogen-bond acceptors (Lipinski definition) is 9. The molecule has 8 unspecified atom stereocenters. The second-order valence-electron chi connectivity index (χ2n) is 11.2. The van der Waals surface area contributed by atoms with Crippen LogP contribution in [0.3, 0.4) is 0 Å². The summed E-state index contributed by atoms with van der Waals surface area (Å²) in [5.41, 5.74) is 29.4. The van der Waals surface area contributed by atoms with E-state index in [0.717, 1.165) is 11.1 Å². The maximum Gasteiger partial charge on any atom is 0.410 e. The summed E-state index contributed by atoms with van der Waals surface area (Å²) in [7, 11) is 0. The van der Waals surface area contributed by atoms with Crippen LogP contribution in [-0.4, -0.2) is 66.2 Å². The van der Waals surface area contributed by atoms with Gasteiger partial charge in [0.2, 0.25) is 0 Å². The molecule has 1 amide bonds. The summed E-state index contributed by atoms with van der Waals surface area (Å²) in [4.78, 5) is 35.8. The zero-order valence-electron chi connectivity index (χ0n) is 25.6. The van der Waals surface area contributed by atoms with Crippen LogP contribution in [0.4, 0.5) is 4.79 Å². The predicted molar refractivity (Wildman–Crippen MR) is 164 cm³/mol. The molecule has 8 atom stereocenters. The number of rotatable bonds is 12. The van der Waals surface area contributed by atoms with Crippen LogP contribution < -0.4 is 0 Å². The second-order valence-corrected chi connectivity index (χ2v) is 11.2. The van der Waals surface area contributed by atoms with Gasteiger partial charge in [0.25, 0.3) is 0 Å². The van der Waals surface area contributed by atoms with Gasteiger partial charge in [-0.3, -0.25) is 4.79 Å². The Labute approximate surface area is 265 Å². The number of azide groups is 3. The maximum atomic E-state index is 13.4. The molecule has 46 heavy (non-hydrogen) atoms. The Hall–Kier alpha value is -4.97. The van der Waals surface area contributed by atoms with Gasteiger partial charge in [0.15, 0.2) is 6.29 Å². The fraction of sp³-hybridized carbons (Fsp3) is 0.533. The smallest absolute Gasteiger partial charge is 0.410 e. The van der Waals surface area contributed by atoms with Gasteiger partial charge in [0.05, 0.1) is 24.7 Å². The summed E-state index contributed by atoms with van der Waals surface area (Å²) in [5, 5.41) is 11.6. The molecule has 0 spiro atoms. The van der Waals surface area contributed by atoms with Gasteiger partial charge in [-0.2, -0.15) is 0 Å². The van der Waals surface area contributed by atoms with Crippen LogP contribution in [0, 0.1) is 5.92 Å². The molecule has 1 saturated heterocycles. The molecule has 2 aromatic rings. The van der Waals surface area contributed by atoms with Crippen LogP contribution in [0.2, 0.25) is 0 Å². The predicted octanol–water partition coefficient (Wildman–Crippen LogP) is 6.72. The Morgan fingerprint density at radius 2 is 1.48 bits per heavy atom. The van der Waals surface area contributed by atoms with Crippen molar-refractivity contribution in [2.75, 3.05) is 6.54 Å². The lowest BCUT2D eigenvalue weighted by Crippen LogP contribution is -2.56. The summed E-state index contributed by atoms with van der Waals surface area (Å²) >= 11 is 0. The van der Waals surface area contributed by atoms with E-state index in [0.29, 0.717) is 12.8 Å². The van der Waals surface area contributed by atoms with Gasteiger partial charge in [0, 0.05) is 40.2 Å². The van der Waals surface area contributed by atoms with Gasteiger partial charge in [0.1, 0.15) is 18.8 Å². The highest BCUT2D eigenvalue weighted by Crippen LogP contribution is 2.36. The minimum Gasteiger partial charge on any atom is -0.459 e. The van der Waals surface area contributed by atoms with Crippen molar-refractivity contribution in [2.24, 2.45) is 21.3 Å². The molecule has 242 valence electrons. The third-order valence-corrected chi connectivity index (χ3v) is 8.03. The minimum atomic E-state index is -1.13. The summed E-state index contributed by atoms with van der Waals surface area (Å²) in [6.07, 6.45) is -3.24. The summed E-state index contributed by atoms with van der Waals surface area (Å²) in [6, 6.07) is 16.5. The molecule has 16 heteroatoms. The van der Waals surface area contributed by atoms with E-state index >= 15 is 0 Å². The van der Waals surface area contributed by atoms with Crippen molar-refractivity contribution in [3.8, 4) is 0 Å². The van der Waals surface area contributed by atoms with E-state index in [1.54, 1.807) is 11.8 Å². The number of benzene rings is 2. The number of esters is 1. The molecular weight excluding hydrogens is 596 g/mol. The molecule has 2 aromatic carbocycles. The normalized spacial score (nSPS) is 27.1. The summed E-state index contributed by atoms with van der Waals surface area (Å²) in [5.74, 6) is -1.10. The van der Waals surface area contributed by atoms with E-state index in [1.807, 2.05) is 60.7 Å². The van der Waals surface area contributed by atoms with Gasteiger partial charge in [-0.1, -0.05) is 82.9 Å². The molecule has 1 heterocycles. The molecular formula is C30H36N10O6. The molecule has 1 aliphatic heterocycles. The van der Waals surface area contributed by atoms with Gasteiger partial charge < -0.3 is 23.8 Å². The SMILES string of the molecule is CC(=O)OC1C(C)C(N=[N+]=[N-])CC(N=[N+]=[N-])C1OC1OC(CN(Cc2ccccc2)C(=O)OCc2ccccc2)CCC1N=[N+]=[N-]. The highest BCUT2D eigenvalue weighted by Gasteiger charge is 2.47. The Bertz CT molecular complexity index is 1460.